The second kappa shape index (κ2) is 3.09. The van der Waals surface area contributed by atoms with Crippen LogP contribution >= 0.6 is 0 Å². The molecule has 0 saturated carbocycles. The van der Waals surface area contributed by atoms with Gasteiger partial charge in [0, 0.05) is 0 Å². The molecule has 0 heterocycles. The number of hydrogen-bond acceptors (Lipinski definition) is 4. The maximum absolute atomic E-state index is 8.89. The summed E-state index contributed by atoms with van der Waals surface area (Å²) in [5.74, 6) is 0. The van der Waals surface area contributed by atoms with Gasteiger partial charge < -0.3 is 9.11 Å². The molecule has 0 fully saturated rings. The van der Waals surface area contributed by atoms with Crippen molar-refractivity contribution in [2.24, 2.45) is 0 Å². The zero-order valence-electron chi connectivity index (χ0n) is 2.34. The first-order valence-corrected chi connectivity index (χ1v) is 3.00. The van der Waals surface area contributed by atoms with Crippen molar-refractivity contribution in [2.75, 3.05) is 0 Å². The van der Waals surface area contributed by atoms with Gasteiger partial charge in [0.15, 0.2) is 0 Å². The van der Waals surface area contributed by atoms with E-state index in [2.05, 4.69) is 11.2 Å². The maximum atomic E-state index is 8.89. The van der Waals surface area contributed by atoms with Crippen molar-refractivity contribution in [2.45, 2.75) is 0 Å². The normalized spacial score (nSPS) is 9.67. The Labute approximate surface area is 56.0 Å². The standard InChI is InChI=1S/Ag.H2O3S2/c;1-5(2,3)4/h;(H2,1,2,3,4)/q+2;/p-2. The van der Waals surface area contributed by atoms with Crippen molar-refractivity contribution >= 4 is 20.2 Å². The van der Waals surface area contributed by atoms with Gasteiger partial charge in [-0.25, -0.2) is 0 Å². The monoisotopic (exact) mass is 219 g/mol. The molecule has 0 N–H and O–H groups in total. The van der Waals surface area contributed by atoms with E-state index in [0.29, 0.717) is 0 Å². The van der Waals surface area contributed by atoms with Crippen LogP contribution < -0.4 is 0 Å². The van der Waals surface area contributed by atoms with Gasteiger partial charge in [-0.2, -0.15) is 0 Å². The van der Waals surface area contributed by atoms with Crippen molar-refractivity contribution in [3.63, 3.8) is 0 Å². The first-order valence-electron chi connectivity index (χ1n) is 0.667. The predicted octanol–water partition coefficient (Wildman–Crippen LogP) is -1.01. The average molecular weight is 220 g/mol. The van der Waals surface area contributed by atoms with Crippen molar-refractivity contribution < 1.29 is 35.7 Å². The van der Waals surface area contributed by atoms with E-state index in [1.165, 1.54) is 0 Å². The van der Waals surface area contributed by atoms with Gasteiger partial charge in [0.1, 0.15) is 0 Å². The summed E-state index contributed by atoms with van der Waals surface area (Å²) in [6, 6.07) is 0. The second-order valence-electron chi connectivity index (χ2n) is 0.408. The minimum absolute atomic E-state index is 0. The molecule has 0 aliphatic rings. The van der Waals surface area contributed by atoms with Crippen LogP contribution in [0.4, 0.5) is 0 Å². The third-order valence-electron chi connectivity index (χ3n) is 0. The predicted molar refractivity (Wildman–Crippen MR) is 17.1 cm³/mol. The van der Waals surface area contributed by atoms with E-state index in [4.69, 9.17) is 13.3 Å². The fourth-order valence-corrected chi connectivity index (χ4v) is 0. The summed E-state index contributed by atoms with van der Waals surface area (Å²) in [5, 5.41) is 0. The van der Waals surface area contributed by atoms with Crippen LogP contribution in [0.25, 0.3) is 0 Å². The molecule has 6 heavy (non-hydrogen) atoms. The molecule has 3 nitrogen and oxygen atoms in total. The van der Waals surface area contributed by atoms with Gasteiger partial charge in [-0.3, -0.25) is 4.21 Å². The van der Waals surface area contributed by atoms with Gasteiger partial charge in [-0.1, -0.05) is 0 Å². The topological polar surface area (TPSA) is 63.2 Å². The minimum Gasteiger partial charge on any atom is -0.780 e. The van der Waals surface area contributed by atoms with Gasteiger partial charge in [-0.05, 0) is 11.2 Å². The summed E-state index contributed by atoms with van der Waals surface area (Å²) in [6.45, 7) is 0. The van der Waals surface area contributed by atoms with Crippen LogP contribution in [0.5, 0.6) is 0 Å². The molecule has 0 amide bonds. The Morgan fingerprint density at radius 1 is 1.50 bits per heavy atom. The van der Waals surface area contributed by atoms with Gasteiger partial charge in [-0.15, -0.1) is 9.05 Å². The minimum atomic E-state index is -4.33. The Bertz CT molecular complexity index is 92.0. The Morgan fingerprint density at radius 3 is 1.50 bits per heavy atom. The Morgan fingerprint density at radius 2 is 1.50 bits per heavy atom. The summed E-state index contributed by atoms with van der Waals surface area (Å²) in [5.41, 5.74) is 0. The molecule has 0 aromatic heterocycles. The first kappa shape index (κ1) is 10.1. The summed E-state index contributed by atoms with van der Waals surface area (Å²) < 4.78 is 26.7. The van der Waals surface area contributed by atoms with Crippen LogP contribution in [-0.2, 0) is 42.6 Å². The third-order valence-corrected chi connectivity index (χ3v) is 0. The maximum Gasteiger partial charge on any atom is 2.00 e. The summed E-state index contributed by atoms with van der Waals surface area (Å²) >= 11 is 3.24. The number of hydrogen-bond donors (Lipinski definition) is 0. The van der Waals surface area contributed by atoms with Gasteiger partial charge in [0.25, 0.3) is 0 Å². The summed E-state index contributed by atoms with van der Waals surface area (Å²) in [6.07, 6.45) is 0. The molecule has 0 bridgehead atoms. The van der Waals surface area contributed by atoms with E-state index in [0.717, 1.165) is 0 Å². The molecule has 41 valence electrons. The zero-order chi connectivity index (χ0) is 4.50. The molecular weight excluding hydrogens is 220 g/mol. The molecule has 0 rings (SSSR count). The van der Waals surface area contributed by atoms with Crippen molar-refractivity contribution in [3.8, 4) is 0 Å². The van der Waals surface area contributed by atoms with Crippen molar-refractivity contribution in [1.82, 2.24) is 0 Å². The zero-order valence-corrected chi connectivity index (χ0v) is 5.46. The van der Waals surface area contributed by atoms with Crippen LogP contribution in [0.3, 0.4) is 0 Å². The number of rotatable bonds is 0. The average Bonchev–Trinajstić information content (AvgIpc) is 0.722. The van der Waals surface area contributed by atoms with E-state index in [9.17, 15) is 0 Å². The van der Waals surface area contributed by atoms with Crippen LogP contribution in [0.1, 0.15) is 0 Å². The largest absolute Gasteiger partial charge is 2.00 e. The van der Waals surface area contributed by atoms with Crippen LogP contribution in [0.2, 0.25) is 0 Å². The SMILES string of the molecule is O=S([O-])([O-])=S.[Ag+2]. The van der Waals surface area contributed by atoms with Crippen LogP contribution in [0.15, 0.2) is 0 Å². The van der Waals surface area contributed by atoms with Gasteiger partial charge >= 0.3 is 22.4 Å². The Kier molecular flexibility index (Phi) is 5.20. The van der Waals surface area contributed by atoms with Crippen molar-refractivity contribution in [1.29, 1.82) is 0 Å². The van der Waals surface area contributed by atoms with E-state index >= 15 is 0 Å². The molecule has 0 aromatic carbocycles. The fourth-order valence-electron chi connectivity index (χ4n) is 0. The molecule has 0 aliphatic heterocycles. The Hall–Kier alpha value is 1.03. The quantitative estimate of drug-likeness (QED) is 0.490. The van der Waals surface area contributed by atoms with Crippen LogP contribution in [0, 0.1) is 0 Å². The molecule has 0 saturated heterocycles. The molecule has 6 heteroatoms. The molecule has 0 unspecified atom stereocenters. The second-order valence-corrected chi connectivity index (χ2v) is 2.45. The summed E-state index contributed by atoms with van der Waals surface area (Å²) in [4.78, 5) is 0. The molecular formula is AgO3S2. The third kappa shape index (κ3) is 77.0. The fraction of sp³-hybridized carbons (Fsp3) is 0. The van der Waals surface area contributed by atoms with E-state index in [1.54, 1.807) is 0 Å². The molecule has 0 spiro atoms. The summed E-state index contributed by atoms with van der Waals surface area (Å²) in [7, 11) is -4.33. The van der Waals surface area contributed by atoms with Crippen LogP contribution in [-0.4, -0.2) is 13.3 Å². The first-order chi connectivity index (χ1) is 2.00. The molecule has 1 radical (unpaired) electrons. The van der Waals surface area contributed by atoms with E-state index in [1.807, 2.05) is 0 Å². The van der Waals surface area contributed by atoms with E-state index in [-0.39, 0.29) is 22.4 Å². The Balaban J connectivity index is 0. The molecule has 0 aliphatic carbocycles. The molecule has 0 atom stereocenters. The molecule has 0 aromatic rings. The van der Waals surface area contributed by atoms with E-state index < -0.39 is 9.05 Å². The van der Waals surface area contributed by atoms with Gasteiger partial charge in [0.05, 0.1) is 0 Å². The van der Waals surface area contributed by atoms with Gasteiger partial charge in [0.2, 0.25) is 0 Å². The van der Waals surface area contributed by atoms with Crippen molar-refractivity contribution in [3.05, 3.63) is 0 Å². The smallest absolute Gasteiger partial charge is 0.780 e.